The molecule has 0 radical (unpaired) electrons. The van der Waals surface area contributed by atoms with Crippen molar-refractivity contribution in [2.24, 2.45) is 0 Å². The molecule has 1 saturated heterocycles. The number of benzene rings is 2. The van der Waals surface area contributed by atoms with Gasteiger partial charge in [0, 0.05) is 18.7 Å². The summed E-state index contributed by atoms with van der Waals surface area (Å²) in [5, 5.41) is 11.3. The second kappa shape index (κ2) is 6.87. The number of nitrogens with one attached hydrogen (secondary N) is 1. The van der Waals surface area contributed by atoms with E-state index in [9.17, 15) is 4.79 Å². The van der Waals surface area contributed by atoms with Crippen molar-refractivity contribution in [2.75, 3.05) is 25.5 Å². The minimum atomic E-state index is -0.144. The Morgan fingerprint density at radius 2 is 1.85 bits per heavy atom. The van der Waals surface area contributed by atoms with E-state index in [-0.39, 0.29) is 12.1 Å². The average Bonchev–Trinajstić information content (AvgIpc) is 3.11. The minimum Gasteiger partial charge on any atom is -0.495 e. The molecule has 0 unspecified atom stereocenters. The highest BCUT2D eigenvalue weighted by molar-refractivity contribution is 5.91. The quantitative estimate of drug-likeness (QED) is 0.786. The molecule has 26 heavy (non-hydrogen) atoms. The Kier molecular flexibility index (Phi) is 4.27. The predicted octanol–water partition coefficient (Wildman–Crippen LogP) is 3.04. The first-order chi connectivity index (χ1) is 12.7. The number of urea groups is 1. The van der Waals surface area contributed by atoms with Gasteiger partial charge in [-0.3, -0.25) is 0 Å². The average molecular weight is 349 g/mol. The van der Waals surface area contributed by atoms with Gasteiger partial charge in [0.1, 0.15) is 11.4 Å². The van der Waals surface area contributed by atoms with Gasteiger partial charge in [-0.05, 0) is 12.1 Å². The molecule has 1 aliphatic rings. The summed E-state index contributed by atoms with van der Waals surface area (Å²) in [6.45, 7) is 1.19. The molecule has 1 aliphatic heterocycles. The molecule has 0 saturated carbocycles. The van der Waals surface area contributed by atoms with Crippen molar-refractivity contribution in [3.05, 3.63) is 60.8 Å². The lowest BCUT2D eigenvalue weighted by atomic mass is 10.1. The third kappa shape index (κ3) is 3.11. The number of nitrogens with zero attached hydrogens (tertiary/aromatic N) is 4. The highest BCUT2D eigenvalue weighted by Crippen LogP contribution is 2.26. The van der Waals surface area contributed by atoms with Gasteiger partial charge in [-0.1, -0.05) is 47.7 Å². The molecule has 1 N–H and O–H groups in total. The summed E-state index contributed by atoms with van der Waals surface area (Å²) < 4.78 is 7.09. The molecule has 1 fully saturated rings. The number of anilines is 1. The molecule has 0 atom stereocenters. The summed E-state index contributed by atoms with van der Waals surface area (Å²) in [6.07, 6.45) is 1.93. The largest absolute Gasteiger partial charge is 0.495 e. The van der Waals surface area contributed by atoms with E-state index < -0.39 is 0 Å². The highest BCUT2D eigenvalue weighted by Gasteiger charge is 2.33. The van der Waals surface area contributed by atoms with Crippen LogP contribution in [0.25, 0.3) is 11.3 Å². The van der Waals surface area contributed by atoms with E-state index in [4.69, 9.17) is 4.74 Å². The zero-order chi connectivity index (χ0) is 17.9. The van der Waals surface area contributed by atoms with Gasteiger partial charge < -0.3 is 15.0 Å². The van der Waals surface area contributed by atoms with Crippen LogP contribution in [0.2, 0.25) is 0 Å². The molecule has 0 spiro atoms. The molecule has 2 aromatic carbocycles. The number of amides is 2. The van der Waals surface area contributed by atoms with Crippen LogP contribution in [0.5, 0.6) is 5.75 Å². The lowest BCUT2D eigenvalue weighted by Gasteiger charge is -2.38. The van der Waals surface area contributed by atoms with Crippen molar-refractivity contribution < 1.29 is 9.53 Å². The monoisotopic (exact) mass is 349 g/mol. The van der Waals surface area contributed by atoms with Crippen molar-refractivity contribution in [3.63, 3.8) is 0 Å². The summed E-state index contributed by atoms with van der Waals surface area (Å²) >= 11 is 0. The molecule has 4 rings (SSSR count). The Morgan fingerprint density at radius 1 is 1.12 bits per heavy atom. The Balaban J connectivity index is 1.37. The second-order valence-corrected chi connectivity index (χ2v) is 6.14. The topological polar surface area (TPSA) is 72.3 Å². The summed E-state index contributed by atoms with van der Waals surface area (Å²) in [4.78, 5) is 14.1. The Bertz CT molecular complexity index is 903. The Hall–Kier alpha value is -3.35. The predicted molar refractivity (Wildman–Crippen MR) is 98.1 cm³/mol. The van der Waals surface area contributed by atoms with Crippen molar-refractivity contribution in [1.82, 2.24) is 19.9 Å². The van der Waals surface area contributed by atoms with Crippen LogP contribution in [-0.4, -0.2) is 46.1 Å². The van der Waals surface area contributed by atoms with E-state index >= 15 is 0 Å². The third-order valence-corrected chi connectivity index (χ3v) is 4.45. The molecule has 0 aliphatic carbocycles. The minimum absolute atomic E-state index is 0.142. The van der Waals surface area contributed by atoms with Crippen molar-refractivity contribution in [1.29, 1.82) is 0 Å². The summed E-state index contributed by atoms with van der Waals surface area (Å²) in [5.41, 5.74) is 2.53. The van der Waals surface area contributed by atoms with Crippen LogP contribution in [-0.2, 0) is 0 Å². The third-order valence-electron chi connectivity index (χ3n) is 4.45. The summed E-state index contributed by atoms with van der Waals surface area (Å²) in [7, 11) is 1.58. The number of likely N-dealkylation sites (tertiary alicyclic amines) is 1. The van der Waals surface area contributed by atoms with E-state index in [0.717, 1.165) is 11.3 Å². The van der Waals surface area contributed by atoms with Gasteiger partial charge in [-0.15, -0.1) is 5.10 Å². The number of rotatable bonds is 4. The van der Waals surface area contributed by atoms with Crippen LogP contribution in [0.3, 0.4) is 0 Å². The number of para-hydroxylation sites is 2. The maximum atomic E-state index is 12.4. The van der Waals surface area contributed by atoms with Crippen LogP contribution in [0.4, 0.5) is 10.5 Å². The summed E-state index contributed by atoms with van der Waals surface area (Å²) in [5.74, 6) is 0.640. The molecular weight excluding hydrogens is 330 g/mol. The normalized spacial score (nSPS) is 14.0. The van der Waals surface area contributed by atoms with Crippen LogP contribution < -0.4 is 10.1 Å². The molecule has 1 aromatic heterocycles. The SMILES string of the molecule is COc1ccccc1NC(=O)N1CC(n2cc(-c3ccccc3)nn2)C1. The molecule has 0 bridgehead atoms. The number of methoxy groups -OCH3 is 1. The highest BCUT2D eigenvalue weighted by atomic mass is 16.5. The van der Waals surface area contributed by atoms with Crippen molar-refractivity contribution >= 4 is 11.7 Å². The van der Waals surface area contributed by atoms with Crippen LogP contribution in [0.15, 0.2) is 60.8 Å². The van der Waals surface area contributed by atoms with Gasteiger partial charge in [0.2, 0.25) is 0 Å². The lowest BCUT2D eigenvalue weighted by molar-refractivity contribution is 0.127. The first kappa shape index (κ1) is 16.1. The van der Waals surface area contributed by atoms with E-state index in [2.05, 4.69) is 15.6 Å². The lowest BCUT2D eigenvalue weighted by Crippen LogP contribution is -2.52. The number of hydrogen-bond acceptors (Lipinski definition) is 4. The molecule has 3 aromatic rings. The van der Waals surface area contributed by atoms with Gasteiger partial charge in [0.15, 0.2) is 0 Å². The van der Waals surface area contributed by atoms with Crippen molar-refractivity contribution in [3.8, 4) is 17.0 Å². The number of ether oxygens (including phenoxy) is 1. The zero-order valence-corrected chi connectivity index (χ0v) is 14.4. The van der Waals surface area contributed by atoms with Crippen LogP contribution in [0.1, 0.15) is 6.04 Å². The Labute approximate surface area is 151 Å². The fourth-order valence-electron chi connectivity index (χ4n) is 2.93. The van der Waals surface area contributed by atoms with Gasteiger partial charge in [0.25, 0.3) is 0 Å². The first-order valence-corrected chi connectivity index (χ1v) is 8.41. The van der Waals surface area contributed by atoms with Gasteiger partial charge in [-0.25, -0.2) is 9.48 Å². The fraction of sp³-hybridized carbons (Fsp3) is 0.211. The molecule has 132 valence electrons. The smallest absolute Gasteiger partial charge is 0.322 e. The first-order valence-electron chi connectivity index (χ1n) is 8.41. The molecular formula is C19H19N5O2. The zero-order valence-electron chi connectivity index (χ0n) is 14.4. The van der Waals surface area contributed by atoms with Gasteiger partial charge >= 0.3 is 6.03 Å². The standard InChI is InChI=1S/C19H19N5O2/c1-26-18-10-6-5-9-16(18)20-19(25)23-11-15(12-23)24-13-17(21-22-24)14-7-3-2-4-8-14/h2-10,13,15H,11-12H2,1H3,(H,20,25). The molecule has 2 heterocycles. The number of hydrogen-bond donors (Lipinski definition) is 1. The van der Waals surface area contributed by atoms with Crippen LogP contribution >= 0.6 is 0 Å². The molecule has 7 nitrogen and oxygen atoms in total. The molecule has 2 amide bonds. The van der Waals surface area contributed by atoms with E-state index in [1.807, 2.05) is 65.5 Å². The Morgan fingerprint density at radius 3 is 2.62 bits per heavy atom. The molecule has 7 heteroatoms. The van der Waals surface area contributed by atoms with Gasteiger partial charge in [-0.2, -0.15) is 0 Å². The van der Waals surface area contributed by atoms with E-state index in [1.54, 1.807) is 12.0 Å². The maximum Gasteiger partial charge on any atom is 0.322 e. The summed E-state index contributed by atoms with van der Waals surface area (Å²) in [6, 6.07) is 17.3. The number of aromatic nitrogens is 3. The van der Waals surface area contributed by atoms with Crippen LogP contribution in [0, 0.1) is 0 Å². The number of carbonyl (C=O) groups is 1. The van der Waals surface area contributed by atoms with Crippen molar-refractivity contribution in [2.45, 2.75) is 6.04 Å². The second-order valence-electron chi connectivity index (χ2n) is 6.14. The van der Waals surface area contributed by atoms with Gasteiger partial charge in [0.05, 0.1) is 25.0 Å². The maximum absolute atomic E-state index is 12.4. The number of carbonyl (C=O) groups excluding carboxylic acids is 1. The fourth-order valence-corrected chi connectivity index (χ4v) is 2.93. The van der Waals surface area contributed by atoms with E-state index in [1.165, 1.54) is 0 Å². The van der Waals surface area contributed by atoms with E-state index in [0.29, 0.717) is 24.5 Å².